The van der Waals surface area contributed by atoms with Crippen LogP contribution in [0.4, 0.5) is 11.4 Å². The van der Waals surface area contributed by atoms with E-state index in [-0.39, 0.29) is 46.5 Å². The predicted molar refractivity (Wildman–Crippen MR) is 129 cm³/mol. The molecule has 2 saturated carbocycles. The summed E-state index contributed by atoms with van der Waals surface area (Å²) in [5.41, 5.74) is 4.06. The molecule has 2 aromatic rings. The highest BCUT2D eigenvalue weighted by Gasteiger charge is 2.67. The molecule has 0 spiro atoms. The van der Waals surface area contributed by atoms with E-state index >= 15 is 0 Å². The Morgan fingerprint density at radius 3 is 2.42 bits per heavy atom. The van der Waals surface area contributed by atoms with Crippen molar-refractivity contribution in [3.05, 3.63) is 59.2 Å². The van der Waals surface area contributed by atoms with Crippen LogP contribution in [0.2, 0.25) is 0 Å². The zero-order chi connectivity index (χ0) is 23.3. The lowest BCUT2D eigenvalue weighted by Crippen LogP contribution is -2.40. The largest absolute Gasteiger partial charge is 0.461 e. The van der Waals surface area contributed by atoms with Gasteiger partial charge in [-0.1, -0.05) is 54.0 Å². The molecule has 3 fully saturated rings. The summed E-state index contributed by atoms with van der Waals surface area (Å²) in [5, 5.41) is 6.02. The van der Waals surface area contributed by atoms with Gasteiger partial charge in [-0.3, -0.25) is 14.4 Å². The molecule has 1 saturated heterocycles. The Kier molecular flexibility index (Phi) is 5.77. The molecule has 5 rings (SSSR count). The topological polar surface area (TPSA) is 84.5 Å². The summed E-state index contributed by atoms with van der Waals surface area (Å²) >= 11 is 3.65. The highest BCUT2D eigenvalue weighted by molar-refractivity contribution is 9.09. The van der Waals surface area contributed by atoms with Crippen molar-refractivity contribution in [2.24, 2.45) is 23.7 Å². The smallest absolute Gasteiger partial charge is 0.310 e. The van der Waals surface area contributed by atoms with E-state index in [9.17, 15) is 14.4 Å². The second kappa shape index (κ2) is 8.60. The van der Waals surface area contributed by atoms with Crippen molar-refractivity contribution in [1.82, 2.24) is 0 Å². The molecule has 6 atom stereocenters. The molecule has 6 nitrogen and oxygen atoms in total. The Balaban J connectivity index is 1.33. The number of benzene rings is 2. The number of para-hydroxylation sites is 1. The zero-order valence-corrected chi connectivity index (χ0v) is 20.2. The van der Waals surface area contributed by atoms with Crippen LogP contribution in [0.1, 0.15) is 41.8 Å². The first-order chi connectivity index (χ1) is 15.9. The lowest BCUT2D eigenvalue weighted by molar-refractivity contribution is -0.145. The third-order valence-electron chi connectivity index (χ3n) is 7.46. The maximum atomic E-state index is 13.2. The first-order valence-electron chi connectivity index (χ1n) is 11.6. The standard InChI is InChI=1S/C26H27BrN2O4/c1-3-13-7-5-8-14(4-2)22(13)29-24(30)15-9-6-10-16(11-15)28-25(31)19-17-12-18-20(19)26(32)33-23(18)21(17)27/h5-11,17-21,23H,3-4,12H2,1-2H3,(H,28,31)(H,29,30)/t17-,18-,19-,20+,21-,23+/m1/s1. The van der Waals surface area contributed by atoms with Gasteiger partial charge in [0, 0.05) is 22.9 Å². The summed E-state index contributed by atoms with van der Waals surface area (Å²) in [7, 11) is 0. The quantitative estimate of drug-likeness (QED) is 0.440. The number of amides is 2. The van der Waals surface area contributed by atoms with Crippen LogP contribution in [0.3, 0.4) is 0 Å². The Bertz CT molecular complexity index is 1110. The molecule has 3 aliphatic rings. The summed E-state index contributed by atoms with van der Waals surface area (Å²) in [5.74, 6) is -1.23. The molecule has 2 aliphatic carbocycles. The van der Waals surface area contributed by atoms with E-state index in [2.05, 4.69) is 40.4 Å². The van der Waals surface area contributed by atoms with Gasteiger partial charge in [0.15, 0.2) is 0 Å². The molecule has 2 N–H and O–H groups in total. The summed E-state index contributed by atoms with van der Waals surface area (Å²) in [6.07, 6.45) is 2.36. The van der Waals surface area contributed by atoms with E-state index in [1.807, 2.05) is 18.2 Å². The SMILES string of the molecule is CCc1cccc(CC)c1NC(=O)c1cccc(NC(=O)[C@@H]2[C@H]3C[C@H]4[C@H](OC(=O)[C@@H]42)[C@@H]3Br)c1. The second-order valence-electron chi connectivity index (χ2n) is 9.14. The highest BCUT2D eigenvalue weighted by atomic mass is 79.9. The van der Waals surface area contributed by atoms with Crippen LogP contribution in [0.5, 0.6) is 0 Å². The van der Waals surface area contributed by atoms with E-state index in [1.165, 1.54) is 0 Å². The number of alkyl halides is 1. The van der Waals surface area contributed by atoms with Gasteiger partial charge in [0.25, 0.3) is 5.91 Å². The number of carbonyl (C=O) groups is 3. The Labute approximate surface area is 201 Å². The first-order valence-corrected chi connectivity index (χ1v) is 12.5. The number of hydrogen-bond donors (Lipinski definition) is 2. The van der Waals surface area contributed by atoms with Crippen LogP contribution in [0, 0.1) is 23.7 Å². The Morgan fingerprint density at radius 2 is 1.73 bits per heavy atom. The Hall–Kier alpha value is -2.67. The fourth-order valence-electron chi connectivity index (χ4n) is 5.88. The average Bonchev–Trinajstić information content (AvgIpc) is 3.43. The molecule has 0 unspecified atom stereocenters. The van der Waals surface area contributed by atoms with E-state index in [0.717, 1.165) is 36.1 Å². The molecule has 2 aromatic carbocycles. The molecule has 33 heavy (non-hydrogen) atoms. The molecule has 1 heterocycles. The van der Waals surface area contributed by atoms with Crippen LogP contribution >= 0.6 is 15.9 Å². The minimum absolute atomic E-state index is 0.0180. The van der Waals surface area contributed by atoms with E-state index in [1.54, 1.807) is 24.3 Å². The van der Waals surface area contributed by atoms with Gasteiger partial charge in [0.2, 0.25) is 5.91 Å². The third-order valence-corrected chi connectivity index (χ3v) is 8.66. The van der Waals surface area contributed by atoms with Gasteiger partial charge in [0.05, 0.1) is 16.7 Å². The van der Waals surface area contributed by atoms with Crippen molar-refractivity contribution in [2.45, 2.75) is 44.0 Å². The molecular weight excluding hydrogens is 484 g/mol. The lowest BCUT2D eigenvalue weighted by atomic mass is 9.79. The second-order valence-corrected chi connectivity index (χ2v) is 10.2. The summed E-state index contributed by atoms with van der Waals surface area (Å²) in [6, 6.07) is 13.0. The van der Waals surface area contributed by atoms with Crippen LogP contribution in [0.25, 0.3) is 0 Å². The zero-order valence-electron chi connectivity index (χ0n) is 18.6. The molecule has 7 heteroatoms. The number of hydrogen-bond acceptors (Lipinski definition) is 4. The maximum Gasteiger partial charge on any atom is 0.310 e. The van der Waals surface area contributed by atoms with E-state index < -0.39 is 5.92 Å². The number of anilines is 2. The van der Waals surface area contributed by atoms with Crippen molar-refractivity contribution in [1.29, 1.82) is 0 Å². The molecule has 172 valence electrons. The summed E-state index contributed by atoms with van der Waals surface area (Å²) < 4.78 is 5.51. The fourth-order valence-corrected chi connectivity index (χ4v) is 6.93. The van der Waals surface area contributed by atoms with Crippen LogP contribution in [-0.2, 0) is 27.2 Å². The number of esters is 1. The molecule has 2 amide bonds. The molecular formula is C26H27BrN2O4. The number of carbonyl (C=O) groups excluding carboxylic acids is 3. The van der Waals surface area contributed by atoms with Gasteiger partial charge >= 0.3 is 5.97 Å². The fraction of sp³-hybridized carbons (Fsp3) is 0.423. The van der Waals surface area contributed by atoms with Crippen LogP contribution in [-0.4, -0.2) is 28.7 Å². The minimum Gasteiger partial charge on any atom is -0.461 e. The van der Waals surface area contributed by atoms with Crippen molar-refractivity contribution in [3.63, 3.8) is 0 Å². The predicted octanol–water partition coefficient (Wildman–Crippen LogP) is 4.57. The summed E-state index contributed by atoms with van der Waals surface area (Å²) in [4.78, 5) is 38.6. The van der Waals surface area contributed by atoms with Crippen molar-refractivity contribution in [2.75, 3.05) is 10.6 Å². The van der Waals surface area contributed by atoms with Crippen LogP contribution < -0.4 is 10.6 Å². The van der Waals surface area contributed by atoms with Crippen LogP contribution in [0.15, 0.2) is 42.5 Å². The van der Waals surface area contributed by atoms with Crippen molar-refractivity contribution >= 4 is 45.1 Å². The van der Waals surface area contributed by atoms with Gasteiger partial charge in [-0.05, 0) is 54.5 Å². The number of nitrogens with one attached hydrogen (secondary N) is 2. The highest BCUT2D eigenvalue weighted by Crippen LogP contribution is 2.60. The number of fused-ring (bicyclic) bond motifs is 1. The van der Waals surface area contributed by atoms with Gasteiger partial charge in [-0.2, -0.15) is 0 Å². The van der Waals surface area contributed by atoms with Gasteiger partial charge in [-0.25, -0.2) is 0 Å². The van der Waals surface area contributed by atoms with Gasteiger partial charge in [-0.15, -0.1) is 0 Å². The van der Waals surface area contributed by atoms with E-state index in [4.69, 9.17) is 4.74 Å². The average molecular weight is 511 g/mol. The normalized spacial score (nSPS) is 29.1. The number of aryl methyl sites for hydroxylation is 2. The molecule has 0 radical (unpaired) electrons. The molecule has 0 aromatic heterocycles. The van der Waals surface area contributed by atoms with Crippen molar-refractivity contribution in [3.8, 4) is 0 Å². The Morgan fingerprint density at radius 1 is 1.03 bits per heavy atom. The number of halogens is 1. The number of rotatable bonds is 6. The minimum atomic E-state index is -0.411. The molecule has 2 bridgehead atoms. The monoisotopic (exact) mass is 510 g/mol. The lowest BCUT2D eigenvalue weighted by Gasteiger charge is -2.27. The van der Waals surface area contributed by atoms with Crippen molar-refractivity contribution < 1.29 is 19.1 Å². The first kappa shape index (κ1) is 22.1. The number of ether oxygens (including phenoxy) is 1. The van der Waals surface area contributed by atoms with Gasteiger partial charge in [0.1, 0.15) is 6.10 Å². The van der Waals surface area contributed by atoms with E-state index in [0.29, 0.717) is 11.3 Å². The third kappa shape index (κ3) is 3.66. The molecule has 1 aliphatic heterocycles. The van der Waals surface area contributed by atoms with Gasteiger partial charge < -0.3 is 15.4 Å². The maximum absolute atomic E-state index is 13.2. The summed E-state index contributed by atoms with van der Waals surface area (Å²) in [6.45, 7) is 4.13.